The molecule has 0 heterocycles. The van der Waals surface area contributed by atoms with Gasteiger partial charge in [-0.25, -0.2) is 0 Å². The van der Waals surface area contributed by atoms with Gasteiger partial charge in [0.25, 0.3) is 0 Å². The second kappa shape index (κ2) is 6.75. The van der Waals surface area contributed by atoms with E-state index in [4.69, 9.17) is 5.73 Å². The number of carbonyl (C=O) groups is 1. The Bertz CT molecular complexity index is 440. The van der Waals surface area contributed by atoms with Gasteiger partial charge in [-0.1, -0.05) is 19.1 Å². The number of hydrogen-bond donors (Lipinski definition) is 2. The largest absolute Gasteiger partial charge is 0.375 e. The van der Waals surface area contributed by atoms with Gasteiger partial charge in [-0.15, -0.1) is 0 Å². The van der Waals surface area contributed by atoms with Gasteiger partial charge in [-0.05, 0) is 43.4 Å². The van der Waals surface area contributed by atoms with Crippen molar-refractivity contribution in [1.82, 2.24) is 5.32 Å². The average Bonchev–Trinajstić information content (AvgIpc) is 3.27. The molecule has 2 rings (SSSR count). The van der Waals surface area contributed by atoms with E-state index in [1.54, 1.807) is 0 Å². The number of nitrogens with zero attached hydrogens (tertiary/aromatic N) is 1. The van der Waals surface area contributed by atoms with E-state index < -0.39 is 0 Å². The molecule has 1 amide bonds. The lowest BCUT2D eigenvalue weighted by molar-refractivity contribution is -0.120. The molecule has 0 bridgehead atoms. The average molecular weight is 275 g/mol. The van der Waals surface area contributed by atoms with Gasteiger partial charge in [0.1, 0.15) is 0 Å². The van der Waals surface area contributed by atoms with Crippen molar-refractivity contribution in [3.63, 3.8) is 0 Å². The maximum atomic E-state index is 11.4. The molecular weight excluding hydrogens is 250 g/mol. The molecule has 3 N–H and O–H groups in total. The summed E-state index contributed by atoms with van der Waals surface area (Å²) in [5.74, 6) is -0.244. The number of benzene rings is 1. The molecule has 1 fully saturated rings. The lowest BCUT2D eigenvalue weighted by Gasteiger charge is -2.22. The third-order valence-corrected chi connectivity index (χ3v) is 3.90. The summed E-state index contributed by atoms with van der Waals surface area (Å²) in [5, 5.41) is 3.31. The molecule has 1 aliphatic carbocycles. The molecule has 4 nitrogen and oxygen atoms in total. The molecule has 4 heteroatoms. The monoisotopic (exact) mass is 275 g/mol. The molecule has 0 spiro atoms. The van der Waals surface area contributed by atoms with Crippen molar-refractivity contribution < 1.29 is 4.79 Å². The number of anilines is 1. The standard InChI is InChI=1S/C16H25N3O/c1-3-12-4-8-14(9-5-12)19(2)11-10-15(16(17)20)18-13-6-7-13/h4-5,8-9,13,15,18H,3,6-7,10-11H2,1-2H3,(H2,17,20). The Kier molecular flexibility index (Phi) is 5.01. The summed E-state index contributed by atoms with van der Waals surface area (Å²) in [6.07, 6.45) is 4.13. The van der Waals surface area contributed by atoms with Crippen LogP contribution in [-0.4, -0.2) is 31.6 Å². The van der Waals surface area contributed by atoms with Crippen LogP contribution in [0.25, 0.3) is 0 Å². The van der Waals surface area contributed by atoms with Gasteiger partial charge in [-0.3, -0.25) is 4.79 Å². The molecule has 0 radical (unpaired) electrons. The quantitative estimate of drug-likeness (QED) is 0.759. The van der Waals surface area contributed by atoms with Crippen LogP contribution in [-0.2, 0) is 11.2 Å². The minimum absolute atomic E-state index is 0.208. The number of primary amides is 1. The Morgan fingerprint density at radius 2 is 2.05 bits per heavy atom. The Morgan fingerprint density at radius 3 is 2.55 bits per heavy atom. The SMILES string of the molecule is CCc1ccc(N(C)CCC(NC2CC2)C(N)=O)cc1. The van der Waals surface area contributed by atoms with E-state index in [2.05, 4.69) is 48.5 Å². The lowest BCUT2D eigenvalue weighted by atomic mass is 10.1. The summed E-state index contributed by atoms with van der Waals surface area (Å²) in [4.78, 5) is 13.6. The maximum absolute atomic E-state index is 11.4. The third-order valence-electron chi connectivity index (χ3n) is 3.90. The highest BCUT2D eigenvalue weighted by atomic mass is 16.1. The van der Waals surface area contributed by atoms with E-state index in [9.17, 15) is 4.79 Å². The third kappa shape index (κ3) is 4.23. The number of hydrogen-bond acceptors (Lipinski definition) is 3. The van der Waals surface area contributed by atoms with Crippen LogP contribution in [0, 0.1) is 0 Å². The van der Waals surface area contributed by atoms with Gasteiger partial charge < -0.3 is 16.0 Å². The van der Waals surface area contributed by atoms with Crippen LogP contribution in [0.1, 0.15) is 31.7 Å². The normalized spacial score (nSPS) is 15.9. The Labute approximate surface area is 121 Å². The predicted molar refractivity (Wildman–Crippen MR) is 82.8 cm³/mol. The minimum Gasteiger partial charge on any atom is -0.375 e. The summed E-state index contributed by atoms with van der Waals surface area (Å²) in [5.41, 5.74) is 7.97. The Balaban J connectivity index is 1.85. The van der Waals surface area contributed by atoms with Gasteiger partial charge in [0.05, 0.1) is 6.04 Å². The molecule has 0 saturated heterocycles. The molecule has 110 valence electrons. The number of nitrogens with one attached hydrogen (secondary N) is 1. The first-order valence-electron chi connectivity index (χ1n) is 7.45. The summed E-state index contributed by atoms with van der Waals surface area (Å²) in [6.45, 7) is 2.97. The van der Waals surface area contributed by atoms with Gasteiger partial charge in [0.2, 0.25) is 5.91 Å². The van der Waals surface area contributed by atoms with Crippen LogP contribution in [0.15, 0.2) is 24.3 Å². The van der Waals surface area contributed by atoms with E-state index in [1.807, 2.05) is 0 Å². The highest BCUT2D eigenvalue weighted by molar-refractivity contribution is 5.80. The van der Waals surface area contributed by atoms with Crippen molar-refractivity contribution in [2.45, 2.75) is 44.7 Å². The Morgan fingerprint density at radius 1 is 1.40 bits per heavy atom. The van der Waals surface area contributed by atoms with E-state index in [0.717, 1.165) is 32.2 Å². The number of rotatable bonds is 8. The van der Waals surface area contributed by atoms with E-state index in [1.165, 1.54) is 11.3 Å². The first-order valence-corrected chi connectivity index (χ1v) is 7.45. The summed E-state index contributed by atoms with van der Waals surface area (Å²) >= 11 is 0. The molecule has 0 aliphatic heterocycles. The van der Waals surface area contributed by atoms with Crippen molar-refractivity contribution in [2.24, 2.45) is 5.73 Å². The first-order chi connectivity index (χ1) is 9.60. The number of nitrogens with two attached hydrogens (primary N) is 1. The molecule has 1 aromatic carbocycles. The second-order valence-corrected chi connectivity index (χ2v) is 5.63. The van der Waals surface area contributed by atoms with Crippen molar-refractivity contribution >= 4 is 11.6 Å². The van der Waals surface area contributed by atoms with E-state index in [-0.39, 0.29) is 11.9 Å². The van der Waals surface area contributed by atoms with Crippen LogP contribution < -0.4 is 16.0 Å². The fourth-order valence-electron chi connectivity index (χ4n) is 2.28. The highest BCUT2D eigenvalue weighted by Gasteiger charge is 2.27. The van der Waals surface area contributed by atoms with Crippen molar-refractivity contribution in [2.75, 3.05) is 18.5 Å². The summed E-state index contributed by atoms with van der Waals surface area (Å²) in [7, 11) is 2.05. The molecule has 0 aromatic heterocycles. The fraction of sp³-hybridized carbons (Fsp3) is 0.562. The van der Waals surface area contributed by atoms with Crippen LogP contribution in [0.4, 0.5) is 5.69 Å². The van der Waals surface area contributed by atoms with Gasteiger partial charge in [0.15, 0.2) is 0 Å². The zero-order valence-electron chi connectivity index (χ0n) is 12.4. The van der Waals surface area contributed by atoms with E-state index >= 15 is 0 Å². The molecular formula is C16H25N3O. The molecule has 1 aromatic rings. The maximum Gasteiger partial charge on any atom is 0.234 e. The van der Waals surface area contributed by atoms with Gasteiger partial charge in [-0.2, -0.15) is 0 Å². The van der Waals surface area contributed by atoms with Crippen LogP contribution in [0.3, 0.4) is 0 Å². The van der Waals surface area contributed by atoms with Crippen LogP contribution >= 0.6 is 0 Å². The second-order valence-electron chi connectivity index (χ2n) is 5.63. The van der Waals surface area contributed by atoms with Gasteiger partial charge >= 0.3 is 0 Å². The molecule has 1 saturated carbocycles. The van der Waals surface area contributed by atoms with Crippen LogP contribution in [0.2, 0.25) is 0 Å². The highest BCUT2D eigenvalue weighted by Crippen LogP contribution is 2.20. The fourth-order valence-corrected chi connectivity index (χ4v) is 2.28. The predicted octanol–water partition coefficient (Wildman–Crippen LogP) is 1.68. The molecule has 1 unspecified atom stereocenters. The van der Waals surface area contributed by atoms with E-state index in [0.29, 0.717) is 6.04 Å². The lowest BCUT2D eigenvalue weighted by Crippen LogP contribution is -2.44. The van der Waals surface area contributed by atoms with Crippen molar-refractivity contribution in [1.29, 1.82) is 0 Å². The van der Waals surface area contributed by atoms with Crippen molar-refractivity contribution in [3.8, 4) is 0 Å². The molecule has 1 atom stereocenters. The van der Waals surface area contributed by atoms with Gasteiger partial charge in [0, 0.05) is 25.3 Å². The minimum atomic E-state index is -0.244. The number of aryl methyl sites for hydroxylation is 1. The zero-order chi connectivity index (χ0) is 14.5. The zero-order valence-corrected chi connectivity index (χ0v) is 12.4. The first kappa shape index (κ1) is 14.9. The molecule has 20 heavy (non-hydrogen) atoms. The van der Waals surface area contributed by atoms with Crippen molar-refractivity contribution in [3.05, 3.63) is 29.8 Å². The number of amides is 1. The summed E-state index contributed by atoms with van der Waals surface area (Å²) < 4.78 is 0. The summed E-state index contributed by atoms with van der Waals surface area (Å²) in [6, 6.07) is 8.86. The topological polar surface area (TPSA) is 58.4 Å². The smallest absolute Gasteiger partial charge is 0.234 e. The Hall–Kier alpha value is -1.55. The molecule has 1 aliphatic rings. The van der Waals surface area contributed by atoms with Crippen LogP contribution in [0.5, 0.6) is 0 Å². The number of carbonyl (C=O) groups excluding carboxylic acids is 1.